The summed E-state index contributed by atoms with van der Waals surface area (Å²) in [5, 5.41) is 8.81. The van der Waals surface area contributed by atoms with E-state index in [1.54, 1.807) is 18.2 Å². The monoisotopic (exact) mass is 411 g/mol. The van der Waals surface area contributed by atoms with E-state index < -0.39 is 16.0 Å². The Labute approximate surface area is 184 Å². The van der Waals surface area contributed by atoms with Crippen molar-refractivity contribution in [1.29, 1.82) is 0 Å². The number of hydrogen-bond donors (Lipinski definition) is 1. The third-order valence-electron chi connectivity index (χ3n) is 3.62. The number of carbonyl (C=O) groups is 1. The molecule has 0 aliphatic heterocycles. The number of nitrogens with zero attached hydrogens (tertiary/aromatic N) is 1. The Balaban J connectivity index is 0. The van der Waals surface area contributed by atoms with Crippen molar-refractivity contribution < 1.29 is 47.9 Å². The second kappa shape index (κ2) is 15.7. The Morgan fingerprint density at radius 1 is 1.27 bits per heavy atom. The van der Waals surface area contributed by atoms with E-state index in [4.69, 9.17) is 16.9 Å². The molecule has 1 atom stereocenters. The van der Waals surface area contributed by atoms with Crippen LogP contribution in [0.15, 0.2) is 41.8 Å². The summed E-state index contributed by atoms with van der Waals surface area (Å²) in [6, 6.07) is 6.32. The van der Waals surface area contributed by atoms with Crippen molar-refractivity contribution in [1.82, 2.24) is 0 Å². The second-order valence-electron chi connectivity index (χ2n) is 5.77. The zero-order valence-electron chi connectivity index (χ0n) is 15.8. The van der Waals surface area contributed by atoms with Gasteiger partial charge in [-0.1, -0.05) is 56.4 Å². The molecule has 0 spiro atoms. The molecule has 26 heavy (non-hydrogen) atoms. The van der Waals surface area contributed by atoms with Gasteiger partial charge in [0.1, 0.15) is 10.0 Å². The standard InChI is InChI=1S/C11H20O2.C7H7ClNO2S.Na/c1-3-5-6-7-9-10(8-4-2)11(12)13;1-6-2-4-7(5-3-6)12(10,11)9-8;/h4,10H,2-3,5-9H2,1H3,(H,12,13);2-5H,1H3;/q;-1;+1/t10-;;/m1../s1. The van der Waals surface area contributed by atoms with Gasteiger partial charge in [0, 0.05) is 4.90 Å². The van der Waals surface area contributed by atoms with Crippen LogP contribution in [0.25, 0.3) is 4.24 Å². The Hall–Kier alpha value is -0.370. The fourth-order valence-corrected chi connectivity index (χ4v) is 2.91. The van der Waals surface area contributed by atoms with Crippen molar-refractivity contribution in [3.63, 3.8) is 0 Å². The number of benzene rings is 1. The van der Waals surface area contributed by atoms with E-state index in [0.717, 1.165) is 24.8 Å². The zero-order chi connectivity index (χ0) is 19.3. The molecule has 0 radical (unpaired) electrons. The Morgan fingerprint density at radius 3 is 2.27 bits per heavy atom. The number of carboxylic acid groups (broad SMARTS) is 1. The van der Waals surface area contributed by atoms with Gasteiger partial charge in [-0.2, -0.15) is 0 Å². The van der Waals surface area contributed by atoms with Gasteiger partial charge in [0.25, 0.3) is 0 Å². The van der Waals surface area contributed by atoms with E-state index in [1.165, 1.54) is 25.0 Å². The molecule has 0 aliphatic carbocycles. The van der Waals surface area contributed by atoms with Gasteiger partial charge in [-0.25, -0.2) is 8.42 Å². The van der Waals surface area contributed by atoms with Crippen LogP contribution in [-0.2, 0) is 14.8 Å². The van der Waals surface area contributed by atoms with Crippen LogP contribution in [0.1, 0.15) is 51.0 Å². The third-order valence-corrected chi connectivity index (χ3v) is 5.21. The quantitative estimate of drug-likeness (QED) is 0.364. The number of aryl methyl sites for hydroxylation is 1. The average Bonchev–Trinajstić information content (AvgIpc) is 2.58. The van der Waals surface area contributed by atoms with Crippen LogP contribution >= 0.6 is 11.8 Å². The molecule has 1 aromatic rings. The molecule has 5 nitrogen and oxygen atoms in total. The third kappa shape index (κ3) is 12.1. The summed E-state index contributed by atoms with van der Waals surface area (Å²) in [6.07, 6.45) is 7.66. The number of halogens is 1. The number of carboxylic acids is 1. The van der Waals surface area contributed by atoms with E-state index in [9.17, 15) is 13.2 Å². The first-order valence-corrected chi connectivity index (χ1v) is 10.0. The summed E-state index contributed by atoms with van der Waals surface area (Å²) in [7, 11) is -3.62. The Morgan fingerprint density at radius 2 is 1.85 bits per heavy atom. The molecule has 1 aromatic carbocycles. The molecular weight excluding hydrogens is 385 g/mol. The molecule has 1 N–H and O–H groups in total. The summed E-state index contributed by atoms with van der Waals surface area (Å²) in [6.45, 7) is 7.58. The van der Waals surface area contributed by atoms with Gasteiger partial charge >= 0.3 is 35.5 Å². The van der Waals surface area contributed by atoms with Crippen molar-refractivity contribution in [2.45, 2.75) is 57.3 Å². The SMILES string of the molecule is C=CC[C@H](CCCCCC)C(=O)O.Cc1ccc(S(=O)(=O)[N-]Cl)cc1.[Na+]. The summed E-state index contributed by atoms with van der Waals surface area (Å²) < 4.78 is 24.8. The summed E-state index contributed by atoms with van der Waals surface area (Å²) >= 11 is 4.90. The topological polar surface area (TPSA) is 85.5 Å². The van der Waals surface area contributed by atoms with Crippen LogP contribution in [-0.4, -0.2) is 19.5 Å². The van der Waals surface area contributed by atoms with Crippen LogP contribution in [0.5, 0.6) is 0 Å². The van der Waals surface area contributed by atoms with Crippen LogP contribution in [0.2, 0.25) is 0 Å². The normalized spacial score (nSPS) is 11.5. The van der Waals surface area contributed by atoms with Crippen molar-refractivity contribution in [3.8, 4) is 0 Å². The van der Waals surface area contributed by atoms with Crippen molar-refractivity contribution in [3.05, 3.63) is 46.7 Å². The van der Waals surface area contributed by atoms with Crippen molar-refractivity contribution in [2.75, 3.05) is 0 Å². The van der Waals surface area contributed by atoms with Gasteiger partial charge in [0.15, 0.2) is 0 Å². The fraction of sp³-hybridized carbons (Fsp3) is 0.500. The number of sulfonamides is 1. The van der Waals surface area contributed by atoms with Crippen molar-refractivity contribution >= 4 is 27.8 Å². The Kier molecular flexibility index (Phi) is 16.8. The largest absolute Gasteiger partial charge is 1.00 e. The number of aliphatic carboxylic acids is 1. The van der Waals surface area contributed by atoms with Gasteiger partial charge in [0.05, 0.1) is 5.92 Å². The van der Waals surface area contributed by atoms with Crippen LogP contribution in [0, 0.1) is 12.8 Å². The molecule has 0 heterocycles. The number of allylic oxidation sites excluding steroid dienone is 1. The molecule has 0 aliphatic rings. The van der Waals surface area contributed by atoms with Crippen LogP contribution < -0.4 is 29.6 Å². The summed E-state index contributed by atoms with van der Waals surface area (Å²) in [4.78, 5) is 10.8. The molecule has 0 amide bonds. The maximum Gasteiger partial charge on any atom is 1.00 e. The summed E-state index contributed by atoms with van der Waals surface area (Å²) in [5.41, 5.74) is 0.989. The molecule has 0 saturated heterocycles. The maximum absolute atomic E-state index is 11.0. The van der Waals surface area contributed by atoms with E-state index in [-0.39, 0.29) is 40.4 Å². The molecule has 8 heteroatoms. The summed E-state index contributed by atoms with van der Waals surface area (Å²) in [5.74, 6) is -0.897. The smallest absolute Gasteiger partial charge is 0.481 e. The minimum absolute atomic E-state index is 0. The molecule has 0 aromatic heterocycles. The van der Waals surface area contributed by atoms with E-state index in [1.807, 2.05) is 6.92 Å². The second-order valence-corrected chi connectivity index (χ2v) is 7.74. The molecular formula is C18H27ClNNaO4S. The first-order chi connectivity index (χ1) is 11.8. The first-order valence-electron chi connectivity index (χ1n) is 8.27. The number of rotatable bonds is 10. The van der Waals surface area contributed by atoms with E-state index >= 15 is 0 Å². The molecule has 0 unspecified atom stereocenters. The molecule has 1 rings (SSSR count). The molecule has 0 saturated carbocycles. The van der Waals surface area contributed by atoms with Crippen LogP contribution in [0.4, 0.5) is 0 Å². The predicted molar refractivity (Wildman–Crippen MR) is 102 cm³/mol. The average molecular weight is 412 g/mol. The predicted octanol–water partition coefficient (Wildman–Crippen LogP) is 2.45. The number of hydrogen-bond acceptors (Lipinski definition) is 3. The fourth-order valence-electron chi connectivity index (χ4n) is 2.11. The van der Waals surface area contributed by atoms with Gasteiger partial charge in [-0.05, 0) is 31.9 Å². The Bertz CT molecular complexity index is 621. The van der Waals surface area contributed by atoms with Crippen molar-refractivity contribution in [2.24, 2.45) is 5.92 Å². The minimum atomic E-state index is -3.62. The number of unbranched alkanes of at least 4 members (excludes halogenated alkanes) is 3. The van der Waals surface area contributed by atoms with E-state index in [0.29, 0.717) is 6.42 Å². The van der Waals surface area contributed by atoms with Gasteiger partial charge in [-0.3, -0.25) is 16.6 Å². The van der Waals surface area contributed by atoms with Gasteiger partial charge < -0.3 is 9.35 Å². The van der Waals surface area contributed by atoms with E-state index in [2.05, 4.69) is 17.7 Å². The molecule has 0 fully saturated rings. The molecule has 142 valence electrons. The van der Waals surface area contributed by atoms with Crippen LogP contribution in [0.3, 0.4) is 0 Å². The first kappa shape index (κ1) is 27.8. The maximum atomic E-state index is 11.0. The van der Waals surface area contributed by atoms with Gasteiger partial charge in [0.2, 0.25) is 0 Å². The zero-order valence-corrected chi connectivity index (χ0v) is 19.4. The molecule has 0 bridgehead atoms. The minimum Gasteiger partial charge on any atom is -0.481 e. The van der Waals surface area contributed by atoms with Gasteiger partial charge in [-0.15, -0.1) is 6.58 Å².